The van der Waals surface area contributed by atoms with Gasteiger partial charge in [-0.05, 0) is 61.6 Å². The minimum atomic E-state index is -3.13. The normalized spacial score (nSPS) is 17.8. The molecule has 35 heavy (non-hydrogen) atoms. The molecule has 182 valence electrons. The van der Waals surface area contributed by atoms with E-state index in [0.29, 0.717) is 11.7 Å². The van der Waals surface area contributed by atoms with E-state index in [1.54, 1.807) is 6.20 Å². The van der Waals surface area contributed by atoms with Gasteiger partial charge in [0.15, 0.2) is 0 Å². The molecule has 1 aromatic carbocycles. The van der Waals surface area contributed by atoms with Crippen LogP contribution >= 0.6 is 0 Å². The van der Waals surface area contributed by atoms with E-state index in [0.717, 1.165) is 68.8 Å². The topological polar surface area (TPSA) is 67.4 Å². The molecule has 0 bridgehead atoms. The molecule has 0 aliphatic carbocycles. The first-order valence-electron chi connectivity index (χ1n) is 11.9. The van der Waals surface area contributed by atoms with E-state index in [-0.39, 0.29) is 5.56 Å². The second-order valence-electron chi connectivity index (χ2n) is 9.26. The Bertz CT molecular complexity index is 1260. The molecule has 1 N–H and O–H groups in total. The molecule has 8 heteroatoms. The van der Waals surface area contributed by atoms with Gasteiger partial charge in [0.2, 0.25) is 0 Å². The molecule has 1 atom stereocenters. The third kappa shape index (κ3) is 4.89. The molecule has 1 unspecified atom stereocenters. The molecule has 0 saturated carbocycles. The lowest BCUT2D eigenvalue weighted by atomic mass is 9.91. The molecule has 0 radical (unpaired) electrons. The van der Waals surface area contributed by atoms with Crippen molar-refractivity contribution in [2.75, 3.05) is 30.0 Å². The van der Waals surface area contributed by atoms with Crippen LogP contribution in [-0.4, -0.2) is 41.7 Å². The highest BCUT2D eigenvalue weighted by atomic mass is 19.3. The number of amides is 1. The zero-order valence-electron chi connectivity index (χ0n) is 19.9. The molecule has 1 saturated heterocycles. The highest BCUT2D eigenvalue weighted by molar-refractivity contribution is 6.04. The molecule has 2 aliphatic rings. The van der Waals surface area contributed by atoms with Crippen molar-refractivity contribution < 1.29 is 18.3 Å². The summed E-state index contributed by atoms with van der Waals surface area (Å²) in [5.41, 5.74) is 5.51. The molecule has 1 amide bonds. The lowest BCUT2D eigenvalue weighted by Crippen LogP contribution is -2.39. The first kappa shape index (κ1) is 23.4. The van der Waals surface area contributed by atoms with Crippen LogP contribution in [0.15, 0.2) is 48.8 Å². The second kappa shape index (κ2) is 9.34. The van der Waals surface area contributed by atoms with Gasteiger partial charge >= 0.3 is 0 Å². The number of pyridine rings is 2. The lowest BCUT2D eigenvalue weighted by molar-refractivity contribution is 0.0127. The summed E-state index contributed by atoms with van der Waals surface area (Å²) in [6.45, 7) is 5.09. The summed E-state index contributed by atoms with van der Waals surface area (Å²) in [6, 6.07) is 11.4. The minimum Gasteiger partial charge on any atom is -0.380 e. The zero-order valence-corrected chi connectivity index (χ0v) is 19.9. The molecule has 0 spiro atoms. The van der Waals surface area contributed by atoms with Crippen molar-refractivity contribution in [1.82, 2.24) is 9.97 Å². The summed E-state index contributed by atoms with van der Waals surface area (Å²) in [7, 11) is 0. The van der Waals surface area contributed by atoms with Gasteiger partial charge in [-0.1, -0.05) is 12.1 Å². The Morgan fingerprint density at radius 2 is 2.00 bits per heavy atom. The number of carbonyl (C=O) groups is 1. The first-order chi connectivity index (χ1) is 16.8. The van der Waals surface area contributed by atoms with E-state index in [4.69, 9.17) is 4.74 Å². The fourth-order valence-electron chi connectivity index (χ4n) is 4.88. The van der Waals surface area contributed by atoms with E-state index >= 15 is 0 Å². The molecule has 1 fully saturated rings. The average Bonchev–Trinajstić information content (AvgIpc) is 3.10. The number of benzene rings is 1. The maximum absolute atomic E-state index is 13.6. The fraction of sp³-hybridized carbons (Fsp3) is 0.370. The maximum atomic E-state index is 13.6. The van der Waals surface area contributed by atoms with Crippen LogP contribution in [0.1, 0.15) is 47.1 Å². The van der Waals surface area contributed by atoms with Crippen molar-refractivity contribution in [2.45, 2.75) is 45.1 Å². The molecular weight excluding hydrogens is 450 g/mol. The van der Waals surface area contributed by atoms with Crippen molar-refractivity contribution in [3.05, 3.63) is 71.3 Å². The van der Waals surface area contributed by atoms with Crippen LogP contribution in [0.25, 0.3) is 11.1 Å². The number of alkyl halides is 2. The lowest BCUT2D eigenvalue weighted by Gasteiger charge is -2.37. The Morgan fingerprint density at radius 1 is 1.14 bits per heavy atom. The van der Waals surface area contributed by atoms with Crippen LogP contribution in [0, 0.1) is 6.92 Å². The predicted molar refractivity (Wildman–Crippen MR) is 131 cm³/mol. The number of aryl methyl sites for hydroxylation is 2. The molecule has 2 aliphatic heterocycles. The van der Waals surface area contributed by atoms with Crippen LogP contribution in [0.3, 0.4) is 0 Å². The smallest absolute Gasteiger partial charge is 0.286 e. The van der Waals surface area contributed by atoms with Crippen molar-refractivity contribution in [2.24, 2.45) is 0 Å². The summed E-state index contributed by atoms with van der Waals surface area (Å²) in [5.74, 6) is -3.62. The van der Waals surface area contributed by atoms with Gasteiger partial charge in [-0.3, -0.25) is 14.8 Å². The molecule has 4 heterocycles. The number of hydrogen-bond acceptors (Lipinski definition) is 5. The number of nitrogens with one attached hydrogen (secondary N) is 1. The standard InChI is InChI=1S/C27H28F2N4O2/c1-17-23(19-4-3-18-5-6-22-8-11-35-12-10-33(22)24(18)13-19)15-21(16-31-17)32-26(34)20-7-9-30-25(14-20)27(2,28)29/h3-4,7,9,13-16,22H,5-6,8,10-12H2,1-2H3,(H,32,34). The van der Waals surface area contributed by atoms with Crippen LogP contribution < -0.4 is 10.2 Å². The van der Waals surface area contributed by atoms with Crippen LogP contribution in [-0.2, 0) is 17.1 Å². The Labute approximate surface area is 203 Å². The molecule has 3 aromatic rings. The van der Waals surface area contributed by atoms with Gasteiger partial charge in [-0.15, -0.1) is 0 Å². The van der Waals surface area contributed by atoms with Crippen LogP contribution in [0.4, 0.5) is 20.2 Å². The van der Waals surface area contributed by atoms with Gasteiger partial charge in [0.1, 0.15) is 5.69 Å². The minimum absolute atomic E-state index is 0.113. The summed E-state index contributed by atoms with van der Waals surface area (Å²) < 4.78 is 33.0. The van der Waals surface area contributed by atoms with Crippen LogP contribution in [0.5, 0.6) is 0 Å². The second-order valence-corrected chi connectivity index (χ2v) is 9.26. The van der Waals surface area contributed by atoms with E-state index in [1.807, 2.05) is 13.0 Å². The highest BCUT2D eigenvalue weighted by Gasteiger charge is 2.29. The number of ether oxygens (including phenoxy) is 1. The van der Waals surface area contributed by atoms with E-state index in [2.05, 4.69) is 38.4 Å². The number of fused-ring (bicyclic) bond motifs is 3. The molecule has 5 rings (SSSR count). The third-order valence-corrected chi connectivity index (χ3v) is 6.78. The molecule has 2 aromatic heterocycles. The van der Waals surface area contributed by atoms with Gasteiger partial charge < -0.3 is 15.0 Å². The van der Waals surface area contributed by atoms with Gasteiger partial charge in [-0.2, -0.15) is 8.78 Å². The Morgan fingerprint density at radius 3 is 2.83 bits per heavy atom. The van der Waals surface area contributed by atoms with Crippen LogP contribution in [0.2, 0.25) is 0 Å². The molecule has 6 nitrogen and oxygen atoms in total. The number of aromatic nitrogens is 2. The Hall–Kier alpha value is -3.39. The monoisotopic (exact) mass is 478 g/mol. The summed E-state index contributed by atoms with van der Waals surface area (Å²) >= 11 is 0. The zero-order chi connectivity index (χ0) is 24.6. The van der Waals surface area contributed by atoms with Crippen molar-refractivity contribution in [3.63, 3.8) is 0 Å². The largest absolute Gasteiger partial charge is 0.380 e. The SMILES string of the molecule is Cc1ncc(NC(=O)c2ccnc(C(C)(F)F)c2)cc1-c1ccc2c(c1)N1CCOCCC1CC2. The van der Waals surface area contributed by atoms with Gasteiger partial charge in [0, 0.05) is 54.8 Å². The fourth-order valence-corrected chi connectivity index (χ4v) is 4.88. The van der Waals surface area contributed by atoms with E-state index < -0.39 is 17.5 Å². The summed E-state index contributed by atoms with van der Waals surface area (Å²) in [6.07, 6.45) is 6.02. The van der Waals surface area contributed by atoms with Crippen molar-refractivity contribution in [3.8, 4) is 11.1 Å². The summed E-state index contributed by atoms with van der Waals surface area (Å²) in [4.78, 5) is 23.4. The predicted octanol–water partition coefficient (Wildman–Crippen LogP) is 5.36. The maximum Gasteiger partial charge on any atom is 0.286 e. The van der Waals surface area contributed by atoms with Gasteiger partial charge in [-0.25, -0.2) is 0 Å². The number of nitrogens with zero attached hydrogens (tertiary/aromatic N) is 3. The highest BCUT2D eigenvalue weighted by Crippen LogP contribution is 2.37. The van der Waals surface area contributed by atoms with E-state index in [1.165, 1.54) is 23.5 Å². The number of hydrogen-bond donors (Lipinski definition) is 1. The first-order valence-corrected chi connectivity index (χ1v) is 11.9. The molecular formula is C27H28F2N4O2. The van der Waals surface area contributed by atoms with Crippen molar-refractivity contribution in [1.29, 1.82) is 0 Å². The van der Waals surface area contributed by atoms with Crippen molar-refractivity contribution >= 4 is 17.3 Å². The third-order valence-electron chi connectivity index (χ3n) is 6.78. The Balaban J connectivity index is 1.43. The Kier molecular flexibility index (Phi) is 6.23. The van der Waals surface area contributed by atoms with E-state index in [9.17, 15) is 13.6 Å². The number of rotatable bonds is 4. The van der Waals surface area contributed by atoms with Gasteiger partial charge in [0.05, 0.1) is 18.5 Å². The quantitative estimate of drug-likeness (QED) is 0.547. The number of halogens is 2. The average molecular weight is 479 g/mol. The summed E-state index contributed by atoms with van der Waals surface area (Å²) in [5, 5.41) is 2.79. The number of anilines is 2. The van der Waals surface area contributed by atoms with Gasteiger partial charge in [0.25, 0.3) is 11.8 Å². The number of carbonyl (C=O) groups excluding carboxylic acids is 1.